The van der Waals surface area contributed by atoms with Crippen molar-refractivity contribution in [1.29, 1.82) is 0 Å². The maximum absolute atomic E-state index is 9.61. The highest BCUT2D eigenvalue weighted by molar-refractivity contribution is 5.41. The number of ether oxygens (including phenoxy) is 1. The number of benzene rings is 1. The summed E-state index contributed by atoms with van der Waals surface area (Å²) in [6, 6.07) is 5.51. The van der Waals surface area contributed by atoms with Gasteiger partial charge in [-0.25, -0.2) is 0 Å². The van der Waals surface area contributed by atoms with Crippen LogP contribution in [0, 0.1) is 0 Å². The van der Waals surface area contributed by atoms with Crippen molar-refractivity contribution in [3.8, 4) is 11.5 Å². The topological polar surface area (TPSA) is 41.5 Å². The number of phenolic OH excluding ortho intramolecular Hbond substituents is 1. The van der Waals surface area contributed by atoms with Gasteiger partial charge in [0.05, 0.1) is 7.11 Å². The second kappa shape index (κ2) is 7.96. The molecule has 17 heavy (non-hydrogen) atoms. The summed E-state index contributed by atoms with van der Waals surface area (Å²) in [5.74, 6) is 0.731. The summed E-state index contributed by atoms with van der Waals surface area (Å²) in [4.78, 5) is 0. The SMILES string of the molecule is CCCCCCNCc1ccc(OC)c(O)c1. The molecule has 1 aromatic carbocycles. The van der Waals surface area contributed by atoms with Crippen molar-refractivity contribution >= 4 is 0 Å². The Morgan fingerprint density at radius 3 is 2.71 bits per heavy atom. The molecule has 0 fully saturated rings. The molecule has 0 unspecified atom stereocenters. The zero-order valence-corrected chi connectivity index (χ0v) is 10.8. The minimum Gasteiger partial charge on any atom is -0.504 e. The number of phenols is 1. The number of methoxy groups -OCH3 is 1. The highest BCUT2D eigenvalue weighted by Crippen LogP contribution is 2.25. The van der Waals surface area contributed by atoms with Gasteiger partial charge in [0.15, 0.2) is 11.5 Å². The van der Waals surface area contributed by atoms with E-state index in [1.165, 1.54) is 25.7 Å². The molecule has 0 bridgehead atoms. The van der Waals surface area contributed by atoms with Gasteiger partial charge in [0.2, 0.25) is 0 Å². The molecule has 0 heterocycles. The van der Waals surface area contributed by atoms with Crippen LogP contribution < -0.4 is 10.1 Å². The van der Waals surface area contributed by atoms with E-state index in [0.29, 0.717) is 5.75 Å². The Kier molecular flexibility index (Phi) is 6.48. The molecule has 0 aliphatic rings. The Bertz CT molecular complexity index is 326. The summed E-state index contributed by atoms with van der Waals surface area (Å²) < 4.78 is 5.00. The lowest BCUT2D eigenvalue weighted by Gasteiger charge is -2.07. The van der Waals surface area contributed by atoms with Crippen molar-refractivity contribution < 1.29 is 9.84 Å². The fraction of sp³-hybridized carbons (Fsp3) is 0.571. The minimum absolute atomic E-state index is 0.206. The summed E-state index contributed by atoms with van der Waals surface area (Å²) in [6.07, 6.45) is 5.09. The number of hydrogen-bond donors (Lipinski definition) is 2. The zero-order chi connectivity index (χ0) is 12.5. The van der Waals surface area contributed by atoms with Gasteiger partial charge in [-0.3, -0.25) is 0 Å². The van der Waals surface area contributed by atoms with Crippen molar-refractivity contribution in [1.82, 2.24) is 5.32 Å². The average Bonchev–Trinajstić information content (AvgIpc) is 2.34. The van der Waals surface area contributed by atoms with Crippen LogP contribution in [0.4, 0.5) is 0 Å². The van der Waals surface area contributed by atoms with Crippen molar-refractivity contribution in [2.75, 3.05) is 13.7 Å². The Morgan fingerprint density at radius 2 is 2.06 bits per heavy atom. The first-order chi connectivity index (χ1) is 8.27. The van der Waals surface area contributed by atoms with Crippen molar-refractivity contribution in [3.63, 3.8) is 0 Å². The second-order valence-electron chi connectivity index (χ2n) is 4.24. The highest BCUT2D eigenvalue weighted by atomic mass is 16.5. The molecule has 3 heteroatoms. The molecule has 0 aliphatic heterocycles. The van der Waals surface area contributed by atoms with Crippen LogP contribution in [0.1, 0.15) is 38.2 Å². The molecule has 0 atom stereocenters. The molecule has 0 aromatic heterocycles. The summed E-state index contributed by atoms with van der Waals surface area (Å²) in [7, 11) is 1.56. The lowest BCUT2D eigenvalue weighted by molar-refractivity contribution is 0.373. The van der Waals surface area contributed by atoms with Crippen molar-refractivity contribution in [3.05, 3.63) is 23.8 Å². The predicted molar refractivity (Wildman–Crippen MR) is 70.5 cm³/mol. The number of rotatable bonds is 8. The van der Waals surface area contributed by atoms with Gasteiger partial charge in [-0.15, -0.1) is 0 Å². The molecule has 1 rings (SSSR count). The van der Waals surface area contributed by atoms with E-state index in [0.717, 1.165) is 18.7 Å². The molecule has 2 N–H and O–H groups in total. The average molecular weight is 237 g/mol. The number of unbranched alkanes of at least 4 members (excludes halogenated alkanes) is 3. The number of aromatic hydroxyl groups is 1. The quantitative estimate of drug-likeness (QED) is 0.683. The summed E-state index contributed by atoms with van der Waals surface area (Å²) >= 11 is 0. The monoisotopic (exact) mass is 237 g/mol. The first kappa shape index (κ1) is 13.8. The van der Waals surface area contributed by atoms with Crippen molar-refractivity contribution in [2.24, 2.45) is 0 Å². The minimum atomic E-state index is 0.206. The normalized spacial score (nSPS) is 10.5. The predicted octanol–water partition coefficient (Wildman–Crippen LogP) is 3.07. The summed E-state index contributed by atoms with van der Waals surface area (Å²) in [5, 5.41) is 13.0. The van der Waals surface area contributed by atoms with Crippen LogP contribution in [0.5, 0.6) is 11.5 Å². The van der Waals surface area contributed by atoms with E-state index in [-0.39, 0.29) is 5.75 Å². The van der Waals surface area contributed by atoms with Gasteiger partial charge in [-0.1, -0.05) is 32.3 Å². The van der Waals surface area contributed by atoms with Crippen LogP contribution in [0.3, 0.4) is 0 Å². The third-order valence-corrected chi connectivity index (χ3v) is 2.78. The van der Waals surface area contributed by atoms with Gasteiger partial charge in [-0.05, 0) is 30.7 Å². The summed E-state index contributed by atoms with van der Waals surface area (Å²) in [5.41, 5.74) is 1.08. The fourth-order valence-electron chi connectivity index (χ4n) is 1.76. The van der Waals surface area contributed by atoms with E-state index < -0.39 is 0 Å². The molecule has 0 amide bonds. The maximum atomic E-state index is 9.61. The van der Waals surface area contributed by atoms with Gasteiger partial charge < -0.3 is 15.2 Å². The van der Waals surface area contributed by atoms with E-state index in [1.807, 2.05) is 6.07 Å². The Morgan fingerprint density at radius 1 is 1.24 bits per heavy atom. The van der Waals surface area contributed by atoms with E-state index in [4.69, 9.17) is 4.74 Å². The van der Waals surface area contributed by atoms with Crippen LogP contribution >= 0.6 is 0 Å². The molecular weight excluding hydrogens is 214 g/mol. The third kappa shape index (κ3) is 5.09. The van der Waals surface area contributed by atoms with Crippen LogP contribution in [-0.4, -0.2) is 18.8 Å². The molecule has 0 saturated carbocycles. The van der Waals surface area contributed by atoms with Gasteiger partial charge in [0.1, 0.15) is 0 Å². The van der Waals surface area contributed by atoms with Gasteiger partial charge >= 0.3 is 0 Å². The number of nitrogens with one attached hydrogen (secondary N) is 1. The van der Waals surface area contributed by atoms with E-state index in [9.17, 15) is 5.11 Å². The first-order valence-corrected chi connectivity index (χ1v) is 6.34. The van der Waals surface area contributed by atoms with Crippen molar-refractivity contribution in [2.45, 2.75) is 39.2 Å². The molecule has 0 aliphatic carbocycles. The number of hydrogen-bond acceptors (Lipinski definition) is 3. The molecule has 0 saturated heterocycles. The third-order valence-electron chi connectivity index (χ3n) is 2.78. The van der Waals surface area contributed by atoms with E-state index in [2.05, 4.69) is 12.2 Å². The molecule has 1 aromatic rings. The van der Waals surface area contributed by atoms with E-state index >= 15 is 0 Å². The molecule has 0 radical (unpaired) electrons. The second-order valence-corrected chi connectivity index (χ2v) is 4.24. The largest absolute Gasteiger partial charge is 0.504 e. The van der Waals surface area contributed by atoms with E-state index in [1.54, 1.807) is 19.2 Å². The highest BCUT2D eigenvalue weighted by Gasteiger charge is 2.01. The standard InChI is InChI=1S/C14H23NO2/c1-3-4-5-6-9-15-11-12-7-8-14(17-2)13(16)10-12/h7-8,10,15-16H,3-6,9,11H2,1-2H3. The smallest absolute Gasteiger partial charge is 0.160 e. The fourth-order valence-corrected chi connectivity index (χ4v) is 1.76. The van der Waals surface area contributed by atoms with Gasteiger partial charge in [-0.2, -0.15) is 0 Å². The lowest BCUT2D eigenvalue weighted by atomic mass is 10.2. The Labute approximate surface area is 104 Å². The molecule has 96 valence electrons. The van der Waals surface area contributed by atoms with Gasteiger partial charge in [0, 0.05) is 6.54 Å². The summed E-state index contributed by atoms with van der Waals surface area (Å²) in [6.45, 7) is 4.05. The Balaban J connectivity index is 2.25. The molecular formula is C14H23NO2. The molecule has 3 nitrogen and oxygen atoms in total. The first-order valence-electron chi connectivity index (χ1n) is 6.34. The van der Waals surface area contributed by atoms with Crippen LogP contribution in [0.2, 0.25) is 0 Å². The lowest BCUT2D eigenvalue weighted by Crippen LogP contribution is -2.14. The van der Waals surface area contributed by atoms with Crippen LogP contribution in [0.15, 0.2) is 18.2 Å². The zero-order valence-electron chi connectivity index (χ0n) is 10.8. The van der Waals surface area contributed by atoms with Crippen LogP contribution in [-0.2, 0) is 6.54 Å². The maximum Gasteiger partial charge on any atom is 0.160 e. The van der Waals surface area contributed by atoms with Gasteiger partial charge in [0.25, 0.3) is 0 Å². The molecule has 0 spiro atoms. The Hall–Kier alpha value is -1.22. The van der Waals surface area contributed by atoms with Crippen LogP contribution in [0.25, 0.3) is 0 Å².